The third-order valence-corrected chi connectivity index (χ3v) is 3.92. The molecule has 1 N–H and O–H groups in total. The molecule has 3 nitrogen and oxygen atoms in total. The molecule has 3 rings (SSSR count). The van der Waals surface area contributed by atoms with E-state index in [2.05, 4.69) is 5.10 Å². The monoisotopic (exact) mass is 436 g/mol. The fourth-order valence-electron chi connectivity index (χ4n) is 2.33. The van der Waals surface area contributed by atoms with Gasteiger partial charge in [0.05, 0.1) is 6.21 Å². The van der Waals surface area contributed by atoms with Crippen LogP contribution in [-0.4, -0.2) is 6.21 Å². The zero-order chi connectivity index (χ0) is 21.3. The van der Waals surface area contributed by atoms with Crippen molar-refractivity contribution in [2.75, 3.05) is 5.43 Å². The summed E-state index contributed by atoms with van der Waals surface area (Å²) < 4.78 is 97.7. The highest BCUT2D eigenvalue weighted by Gasteiger charge is 2.42. The number of alkyl halides is 3. The average Bonchev–Trinajstić information content (AvgIpc) is 3.11. The van der Waals surface area contributed by atoms with Gasteiger partial charge in [-0.15, -0.1) is 0 Å². The van der Waals surface area contributed by atoms with Crippen LogP contribution in [0.15, 0.2) is 45.9 Å². The van der Waals surface area contributed by atoms with E-state index in [1.165, 1.54) is 6.07 Å². The first kappa shape index (κ1) is 20.7. The van der Waals surface area contributed by atoms with Crippen molar-refractivity contribution in [3.63, 3.8) is 0 Å². The standard InChI is InChI=1S/C18H8ClF7N2O/c19-9-3-1-8(2-4-9)11-6-5-10(29-11)7-27-28-17-15(22)13(20)12(18(24,25)26)14(21)16(17)23/h1-7,28H/b27-7+. The lowest BCUT2D eigenvalue weighted by molar-refractivity contribution is -0.143. The predicted octanol–water partition coefficient (Wildman–Crippen LogP) is 6.62. The average molecular weight is 437 g/mol. The third-order valence-electron chi connectivity index (χ3n) is 3.67. The first-order valence-corrected chi connectivity index (χ1v) is 8.05. The molecule has 1 aromatic heterocycles. The van der Waals surface area contributed by atoms with Gasteiger partial charge in [-0.25, -0.2) is 17.6 Å². The summed E-state index contributed by atoms with van der Waals surface area (Å²) in [5.41, 5.74) is -1.89. The minimum atomic E-state index is -5.62. The lowest BCUT2D eigenvalue weighted by atomic mass is 10.1. The molecule has 0 saturated heterocycles. The van der Waals surface area contributed by atoms with Crippen LogP contribution in [0.1, 0.15) is 11.3 Å². The van der Waals surface area contributed by atoms with Crippen molar-refractivity contribution in [1.29, 1.82) is 0 Å². The van der Waals surface area contributed by atoms with E-state index in [-0.39, 0.29) is 5.76 Å². The van der Waals surface area contributed by atoms with Gasteiger partial charge in [-0.05, 0) is 36.4 Å². The van der Waals surface area contributed by atoms with Crippen LogP contribution in [0.2, 0.25) is 5.02 Å². The molecule has 0 aliphatic carbocycles. The summed E-state index contributed by atoms with van der Waals surface area (Å²) in [6, 6.07) is 9.54. The number of nitrogens with one attached hydrogen (secondary N) is 1. The van der Waals surface area contributed by atoms with Crippen LogP contribution < -0.4 is 5.43 Å². The normalized spacial score (nSPS) is 12.0. The van der Waals surface area contributed by atoms with E-state index in [1.54, 1.807) is 35.8 Å². The van der Waals surface area contributed by atoms with Crippen LogP contribution in [0.3, 0.4) is 0 Å². The topological polar surface area (TPSA) is 37.5 Å². The SMILES string of the molecule is Fc1c(F)c(C(F)(F)F)c(F)c(F)c1N/N=C/c1ccc(-c2ccc(Cl)cc2)o1. The molecule has 0 atom stereocenters. The van der Waals surface area contributed by atoms with E-state index in [0.29, 0.717) is 16.3 Å². The van der Waals surface area contributed by atoms with E-state index in [1.807, 2.05) is 0 Å². The Hall–Kier alpha value is -3.01. The van der Waals surface area contributed by atoms with Crippen LogP contribution in [0.4, 0.5) is 36.4 Å². The summed E-state index contributed by atoms with van der Waals surface area (Å²) in [5.74, 6) is -9.23. The van der Waals surface area contributed by atoms with Crippen LogP contribution >= 0.6 is 11.6 Å². The molecule has 29 heavy (non-hydrogen) atoms. The molecule has 2 aromatic carbocycles. The number of hydrogen-bond donors (Lipinski definition) is 1. The number of furan rings is 1. The maximum Gasteiger partial charge on any atom is 0.422 e. The largest absolute Gasteiger partial charge is 0.455 e. The predicted molar refractivity (Wildman–Crippen MR) is 91.6 cm³/mol. The molecule has 0 spiro atoms. The Morgan fingerprint density at radius 3 is 2.00 bits per heavy atom. The van der Waals surface area contributed by atoms with Gasteiger partial charge in [-0.3, -0.25) is 5.43 Å². The molecule has 0 fully saturated rings. The second-order valence-electron chi connectivity index (χ2n) is 5.58. The second kappa shape index (κ2) is 7.78. The Morgan fingerprint density at radius 1 is 0.862 bits per heavy atom. The van der Waals surface area contributed by atoms with Crippen LogP contribution in [0.5, 0.6) is 0 Å². The van der Waals surface area contributed by atoms with Gasteiger partial charge < -0.3 is 4.42 Å². The number of rotatable bonds is 4. The number of hydrogen-bond acceptors (Lipinski definition) is 3. The fourth-order valence-corrected chi connectivity index (χ4v) is 2.46. The zero-order valence-corrected chi connectivity index (χ0v) is 14.7. The second-order valence-corrected chi connectivity index (χ2v) is 6.02. The van der Waals surface area contributed by atoms with Gasteiger partial charge in [0.25, 0.3) is 0 Å². The number of anilines is 1. The maximum atomic E-state index is 13.8. The Labute approximate surface area is 163 Å². The molecule has 1 heterocycles. The Balaban J connectivity index is 1.83. The van der Waals surface area contributed by atoms with Gasteiger partial charge >= 0.3 is 6.18 Å². The molecule has 0 radical (unpaired) electrons. The molecule has 11 heteroatoms. The molecule has 0 aliphatic rings. The lowest BCUT2D eigenvalue weighted by Crippen LogP contribution is -2.16. The summed E-state index contributed by atoms with van der Waals surface area (Å²) in [4.78, 5) is 0. The summed E-state index contributed by atoms with van der Waals surface area (Å²) >= 11 is 5.78. The molecular weight excluding hydrogens is 429 g/mol. The first-order chi connectivity index (χ1) is 13.6. The molecule has 0 saturated carbocycles. The van der Waals surface area contributed by atoms with Gasteiger partial charge in [0.15, 0.2) is 23.3 Å². The minimum absolute atomic E-state index is 0.0797. The maximum absolute atomic E-state index is 13.8. The lowest BCUT2D eigenvalue weighted by Gasteiger charge is -2.13. The first-order valence-electron chi connectivity index (χ1n) is 7.67. The van der Waals surface area contributed by atoms with Crippen LogP contribution in [0, 0.1) is 23.3 Å². The van der Waals surface area contributed by atoms with E-state index in [0.717, 1.165) is 6.21 Å². The molecule has 3 aromatic rings. The third kappa shape index (κ3) is 4.21. The van der Waals surface area contributed by atoms with Crippen LogP contribution in [0.25, 0.3) is 11.3 Å². The summed E-state index contributed by atoms with van der Waals surface area (Å²) in [5, 5.41) is 3.85. The molecular formula is C18H8ClF7N2O. The van der Waals surface area contributed by atoms with Gasteiger partial charge in [-0.2, -0.15) is 18.3 Å². The van der Waals surface area contributed by atoms with Gasteiger partial charge in [0.2, 0.25) is 0 Å². The number of nitrogens with zero attached hydrogens (tertiary/aromatic N) is 1. The van der Waals surface area contributed by atoms with Crippen molar-refractivity contribution in [3.05, 3.63) is 76.0 Å². The quantitative estimate of drug-likeness (QED) is 0.216. The van der Waals surface area contributed by atoms with Crippen molar-refractivity contribution < 1.29 is 35.2 Å². The summed E-state index contributed by atoms with van der Waals surface area (Å²) in [6.45, 7) is 0. The minimum Gasteiger partial charge on any atom is -0.455 e. The van der Waals surface area contributed by atoms with Crippen LogP contribution in [-0.2, 0) is 6.18 Å². The highest BCUT2D eigenvalue weighted by molar-refractivity contribution is 6.30. The molecule has 0 amide bonds. The van der Waals surface area contributed by atoms with Crippen molar-refractivity contribution >= 4 is 23.5 Å². The van der Waals surface area contributed by atoms with E-state index >= 15 is 0 Å². The number of benzene rings is 2. The van der Waals surface area contributed by atoms with Crippen molar-refractivity contribution in [2.45, 2.75) is 6.18 Å². The highest BCUT2D eigenvalue weighted by atomic mass is 35.5. The number of hydrazone groups is 1. The molecule has 0 bridgehead atoms. The summed E-state index contributed by atoms with van der Waals surface area (Å²) in [6.07, 6.45) is -4.71. The molecule has 0 aliphatic heterocycles. The smallest absolute Gasteiger partial charge is 0.422 e. The van der Waals surface area contributed by atoms with Crippen molar-refractivity contribution in [1.82, 2.24) is 0 Å². The Morgan fingerprint density at radius 2 is 1.45 bits per heavy atom. The van der Waals surface area contributed by atoms with Gasteiger partial charge in [-0.1, -0.05) is 11.6 Å². The fraction of sp³-hybridized carbons (Fsp3) is 0.0556. The zero-order valence-electron chi connectivity index (χ0n) is 13.9. The van der Waals surface area contributed by atoms with Crippen molar-refractivity contribution in [3.8, 4) is 11.3 Å². The van der Waals surface area contributed by atoms with Gasteiger partial charge in [0.1, 0.15) is 22.8 Å². The van der Waals surface area contributed by atoms with E-state index in [9.17, 15) is 30.7 Å². The Bertz CT molecular complexity index is 1050. The molecule has 152 valence electrons. The number of halogens is 8. The van der Waals surface area contributed by atoms with Gasteiger partial charge in [0, 0.05) is 10.6 Å². The van der Waals surface area contributed by atoms with E-state index < -0.39 is 40.7 Å². The Kier molecular flexibility index (Phi) is 5.56. The van der Waals surface area contributed by atoms with E-state index in [4.69, 9.17) is 16.0 Å². The van der Waals surface area contributed by atoms with Crippen molar-refractivity contribution in [2.24, 2.45) is 5.10 Å². The highest BCUT2D eigenvalue weighted by Crippen LogP contribution is 2.38. The molecule has 0 unspecified atom stereocenters. The summed E-state index contributed by atoms with van der Waals surface area (Å²) in [7, 11) is 0.